The molecule has 0 radical (unpaired) electrons. The third-order valence-electron chi connectivity index (χ3n) is 4.40. The summed E-state index contributed by atoms with van der Waals surface area (Å²) in [6.45, 7) is 2.07. The highest BCUT2D eigenvalue weighted by Gasteiger charge is 2.15. The van der Waals surface area contributed by atoms with E-state index in [1.807, 2.05) is 30.3 Å². The van der Waals surface area contributed by atoms with Crippen LogP contribution in [0.25, 0.3) is 10.9 Å². The summed E-state index contributed by atoms with van der Waals surface area (Å²) in [5.41, 5.74) is 7.53. The molecule has 3 aromatic rings. The Morgan fingerprint density at radius 1 is 1.03 bits per heavy atom. The van der Waals surface area contributed by atoms with Crippen LogP contribution in [-0.2, 0) is 16.0 Å². The molecule has 152 valence electrons. The van der Waals surface area contributed by atoms with Crippen LogP contribution in [0, 0.1) is 0 Å². The minimum Gasteiger partial charge on any atom is -0.493 e. The van der Waals surface area contributed by atoms with E-state index >= 15 is 0 Å². The maximum Gasteiger partial charge on any atom is 0.323 e. The van der Waals surface area contributed by atoms with Crippen LogP contribution >= 0.6 is 0 Å². The van der Waals surface area contributed by atoms with Gasteiger partial charge in [-0.2, -0.15) is 0 Å². The molecule has 0 bridgehead atoms. The van der Waals surface area contributed by atoms with Crippen LogP contribution in [0.1, 0.15) is 12.5 Å². The third kappa shape index (κ3) is 4.75. The van der Waals surface area contributed by atoms with Crippen molar-refractivity contribution in [3.05, 3.63) is 54.2 Å². The maximum atomic E-state index is 11.7. The number of nitrogens with two attached hydrogens (primary N) is 1. The molecule has 1 heterocycles. The number of rotatable bonds is 8. The highest BCUT2D eigenvalue weighted by Crippen LogP contribution is 2.36. The van der Waals surface area contributed by atoms with Crippen LogP contribution in [-0.4, -0.2) is 37.8 Å². The number of nitrogens with zero attached hydrogens (tertiary/aromatic N) is 1. The van der Waals surface area contributed by atoms with Gasteiger partial charge in [-0.3, -0.25) is 9.78 Å². The Hall–Kier alpha value is -3.32. The fourth-order valence-electron chi connectivity index (χ4n) is 2.94. The average molecular weight is 396 g/mol. The lowest BCUT2D eigenvalue weighted by Crippen LogP contribution is -2.34. The van der Waals surface area contributed by atoms with Crippen molar-refractivity contribution in [3.63, 3.8) is 0 Å². The molecule has 1 atom stereocenters. The molecule has 7 heteroatoms. The lowest BCUT2D eigenvalue weighted by molar-refractivity contribution is -0.144. The van der Waals surface area contributed by atoms with Crippen LogP contribution in [0.3, 0.4) is 0 Å². The number of esters is 1. The largest absolute Gasteiger partial charge is 0.493 e. The normalized spacial score (nSPS) is 11.7. The molecule has 0 saturated carbocycles. The minimum atomic E-state index is -0.687. The van der Waals surface area contributed by atoms with Gasteiger partial charge in [0.05, 0.1) is 26.3 Å². The van der Waals surface area contributed by atoms with Crippen LogP contribution in [0.5, 0.6) is 23.0 Å². The van der Waals surface area contributed by atoms with Gasteiger partial charge in [0.25, 0.3) is 0 Å². The van der Waals surface area contributed by atoms with E-state index in [4.69, 9.17) is 24.7 Å². The second-order valence-corrected chi connectivity index (χ2v) is 6.34. The van der Waals surface area contributed by atoms with Gasteiger partial charge >= 0.3 is 5.97 Å². The summed E-state index contributed by atoms with van der Waals surface area (Å²) in [4.78, 5) is 16.1. The fourth-order valence-corrected chi connectivity index (χ4v) is 2.94. The Morgan fingerprint density at radius 3 is 2.38 bits per heavy atom. The van der Waals surface area contributed by atoms with Gasteiger partial charge in [0.1, 0.15) is 17.5 Å². The predicted octanol–water partition coefficient (Wildman–Crippen LogP) is 3.48. The molecule has 0 amide bonds. The minimum absolute atomic E-state index is 0.315. The Morgan fingerprint density at radius 2 is 1.72 bits per heavy atom. The first-order valence-electron chi connectivity index (χ1n) is 9.25. The van der Waals surface area contributed by atoms with Gasteiger partial charge in [0.15, 0.2) is 11.5 Å². The third-order valence-corrected chi connectivity index (χ3v) is 4.40. The standard InChI is InChI=1S/C22H24N2O5/c1-4-28-22(25)17(23)11-14-5-7-15(8-6-14)29-19-9-10-24-18-13-21(27-3)20(26-2)12-16(18)19/h5-10,12-13,17H,4,11,23H2,1-3H3. The van der Waals surface area contributed by atoms with E-state index in [2.05, 4.69) is 4.98 Å². The quantitative estimate of drug-likeness (QED) is 0.583. The second kappa shape index (κ2) is 9.25. The summed E-state index contributed by atoms with van der Waals surface area (Å²) in [7, 11) is 3.17. The topological polar surface area (TPSA) is 92.9 Å². The summed E-state index contributed by atoms with van der Waals surface area (Å²) in [5.74, 6) is 2.10. The number of hydrogen-bond acceptors (Lipinski definition) is 7. The van der Waals surface area contributed by atoms with Crippen molar-refractivity contribution in [3.8, 4) is 23.0 Å². The molecule has 0 fully saturated rings. The van der Waals surface area contributed by atoms with Crippen molar-refractivity contribution in [1.82, 2.24) is 4.98 Å². The van der Waals surface area contributed by atoms with Crippen LogP contribution in [0.2, 0.25) is 0 Å². The first-order chi connectivity index (χ1) is 14.0. The molecule has 0 aliphatic rings. The van der Waals surface area contributed by atoms with E-state index in [0.717, 1.165) is 16.5 Å². The first-order valence-corrected chi connectivity index (χ1v) is 9.25. The summed E-state index contributed by atoms with van der Waals surface area (Å²) >= 11 is 0. The Bertz CT molecular complexity index is 988. The van der Waals surface area contributed by atoms with E-state index in [-0.39, 0.29) is 0 Å². The Kier molecular flexibility index (Phi) is 6.51. The number of carbonyl (C=O) groups is 1. The van der Waals surface area contributed by atoms with Crippen LogP contribution in [0.15, 0.2) is 48.7 Å². The molecule has 2 N–H and O–H groups in total. The van der Waals surface area contributed by atoms with Crippen molar-refractivity contribution in [2.45, 2.75) is 19.4 Å². The zero-order valence-electron chi connectivity index (χ0n) is 16.7. The zero-order valence-corrected chi connectivity index (χ0v) is 16.7. The lowest BCUT2D eigenvalue weighted by Gasteiger charge is -2.13. The van der Waals surface area contributed by atoms with Crippen molar-refractivity contribution in [2.24, 2.45) is 5.73 Å². The zero-order chi connectivity index (χ0) is 20.8. The molecule has 0 spiro atoms. The van der Waals surface area contributed by atoms with Gasteiger partial charge in [-0.25, -0.2) is 0 Å². The summed E-state index contributed by atoms with van der Waals surface area (Å²) in [6.07, 6.45) is 2.07. The maximum absolute atomic E-state index is 11.7. The number of methoxy groups -OCH3 is 2. The van der Waals surface area contributed by atoms with Gasteiger partial charge in [-0.05, 0) is 43.2 Å². The molecule has 3 rings (SSSR count). The van der Waals surface area contributed by atoms with E-state index in [1.54, 1.807) is 39.5 Å². The molecule has 0 aliphatic carbocycles. The van der Waals surface area contributed by atoms with E-state index in [1.165, 1.54) is 0 Å². The van der Waals surface area contributed by atoms with Crippen molar-refractivity contribution in [2.75, 3.05) is 20.8 Å². The number of hydrogen-bond donors (Lipinski definition) is 1. The van der Waals surface area contributed by atoms with E-state index in [0.29, 0.717) is 36.0 Å². The Labute approximate surface area is 169 Å². The number of aromatic nitrogens is 1. The lowest BCUT2D eigenvalue weighted by atomic mass is 10.1. The summed E-state index contributed by atoms with van der Waals surface area (Å²) in [6, 6.07) is 12.2. The Balaban J connectivity index is 1.79. The molecule has 2 aromatic carbocycles. The first kappa shape index (κ1) is 20.4. The molecular weight excluding hydrogens is 372 g/mol. The number of carbonyl (C=O) groups excluding carboxylic acids is 1. The molecule has 7 nitrogen and oxygen atoms in total. The van der Waals surface area contributed by atoms with Crippen LogP contribution < -0.4 is 19.9 Å². The molecule has 0 aliphatic heterocycles. The van der Waals surface area contributed by atoms with Gasteiger partial charge < -0.3 is 24.7 Å². The molecule has 0 saturated heterocycles. The summed E-state index contributed by atoms with van der Waals surface area (Å²) < 4.78 is 21.7. The van der Waals surface area contributed by atoms with Gasteiger partial charge in [-0.15, -0.1) is 0 Å². The summed E-state index contributed by atoms with van der Waals surface area (Å²) in [5, 5.41) is 0.804. The highest BCUT2D eigenvalue weighted by atomic mass is 16.5. The molecular formula is C22H24N2O5. The SMILES string of the molecule is CCOC(=O)C(N)Cc1ccc(Oc2ccnc3cc(OC)c(OC)cc23)cc1. The predicted molar refractivity (Wildman–Crippen MR) is 110 cm³/mol. The number of fused-ring (bicyclic) bond motifs is 1. The monoisotopic (exact) mass is 396 g/mol. The molecule has 29 heavy (non-hydrogen) atoms. The van der Waals surface area contributed by atoms with E-state index < -0.39 is 12.0 Å². The van der Waals surface area contributed by atoms with Gasteiger partial charge in [0.2, 0.25) is 0 Å². The van der Waals surface area contributed by atoms with Crippen molar-refractivity contribution in [1.29, 1.82) is 0 Å². The van der Waals surface area contributed by atoms with Gasteiger partial charge in [-0.1, -0.05) is 12.1 Å². The second-order valence-electron chi connectivity index (χ2n) is 6.34. The van der Waals surface area contributed by atoms with Crippen molar-refractivity contribution >= 4 is 16.9 Å². The molecule has 1 unspecified atom stereocenters. The smallest absolute Gasteiger partial charge is 0.323 e. The number of ether oxygens (including phenoxy) is 4. The van der Waals surface area contributed by atoms with Crippen LogP contribution in [0.4, 0.5) is 0 Å². The fraction of sp³-hybridized carbons (Fsp3) is 0.273. The highest BCUT2D eigenvalue weighted by molar-refractivity contribution is 5.88. The number of pyridine rings is 1. The van der Waals surface area contributed by atoms with Gasteiger partial charge in [0, 0.05) is 17.6 Å². The average Bonchev–Trinajstić information content (AvgIpc) is 2.74. The van der Waals surface area contributed by atoms with Crippen molar-refractivity contribution < 1.29 is 23.7 Å². The molecule has 1 aromatic heterocycles. The van der Waals surface area contributed by atoms with E-state index in [9.17, 15) is 4.79 Å². The number of benzene rings is 2.